The summed E-state index contributed by atoms with van der Waals surface area (Å²) in [5.74, 6) is 0.153. The van der Waals surface area contributed by atoms with Crippen molar-refractivity contribution in [3.05, 3.63) is 0 Å². The van der Waals surface area contributed by atoms with Gasteiger partial charge in [0.25, 0.3) is 0 Å². The van der Waals surface area contributed by atoms with Gasteiger partial charge < -0.3 is 33.8 Å². The second-order valence-corrected chi connectivity index (χ2v) is 31.4. The largest absolute Gasteiger partial charge is 0.472 e. The van der Waals surface area contributed by atoms with Crippen molar-refractivity contribution in [3.63, 3.8) is 0 Å². The first-order valence-corrected chi connectivity index (χ1v) is 41.8. The number of esters is 4. The van der Waals surface area contributed by atoms with E-state index < -0.39 is 97.5 Å². The van der Waals surface area contributed by atoms with Gasteiger partial charge in [-0.1, -0.05) is 331 Å². The van der Waals surface area contributed by atoms with Gasteiger partial charge in [-0.3, -0.25) is 37.3 Å². The van der Waals surface area contributed by atoms with Crippen LogP contribution in [0.5, 0.6) is 0 Å². The summed E-state index contributed by atoms with van der Waals surface area (Å²) in [5, 5.41) is 10.6. The smallest absolute Gasteiger partial charge is 0.462 e. The van der Waals surface area contributed by atoms with Crippen LogP contribution in [0.25, 0.3) is 0 Å². The number of ether oxygens (including phenoxy) is 4. The highest BCUT2D eigenvalue weighted by Crippen LogP contribution is 2.45. The first kappa shape index (κ1) is 92.1. The van der Waals surface area contributed by atoms with Gasteiger partial charge in [-0.05, 0) is 43.4 Å². The van der Waals surface area contributed by atoms with Gasteiger partial charge in [0.15, 0.2) is 12.2 Å². The molecule has 5 atom stereocenters. The summed E-state index contributed by atoms with van der Waals surface area (Å²) in [6.07, 6.45) is 51.3. The van der Waals surface area contributed by atoms with Crippen LogP contribution in [0.1, 0.15) is 382 Å². The van der Waals surface area contributed by atoms with Crippen molar-refractivity contribution in [1.29, 1.82) is 0 Å². The highest BCUT2D eigenvalue weighted by atomic mass is 31.2. The van der Waals surface area contributed by atoms with E-state index in [1.54, 1.807) is 0 Å². The highest BCUT2D eigenvalue weighted by Gasteiger charge is 2.30. The molecule has 19 heteroatoms. The third-order valence-electron chi connectivity index (χ3n) is 17.4. The number of aliphatic hydroxyl groups excluding tert-OH is 1. The Bertz CT molecular complexity index is 1840. The van der Waals surface area contributed by atoms with Crippen molar-refractivity contribution in [3.8, 4) is 0 Å². The molecule has 0 saturated carbocycles. The molecule has 0 rings (SSSR count). The molecule has 0 aliphatic carbocycles. The lowest BCUT2D eigenvalue weighted by atomic mass is 10.0. The number of hydrogen-bond acceptors (Lipinski definition) is 15. The molecule has 0 aromatic rings. The highest BCUT2D eigenvalue weighted by molar-refractivity contribution is 7.47. The standard InChI is InChI=1S/C75H146O17P2/c1-8-9-10-11-12-13-14-17-23-29-36-44-51-58-74(79)92-71(63-86-73(78)57-50-43-38-31-34-41-48-55-68(6)7)65-90-94(83,84)88-61-69(76)60-87-93(81,82)89-64-70(62-85-72(77)56-49-42-35-28-25-20-22-27-33-40-47-54-67(4)5)91-75(80)59-52-45-37-30-24-19-16-15-18-21-26-32-39-46-53-66(2)3/h66-71,76H,8-65H2,1-7H3,(H,81,82)(H,83,84)/t69-,70-,71-/m1/s1. The maximum Gasteiger partial charge on any atom is 0.472 e. The van der Waals surface area contributed by atoms with Crippen LogP contribution < -0.4 is 0 Å². The lowest BCUT2D eigenvalue weighted by Crippen LogP contribution is -2.30. The minimum atomic E-state index is -4.96. The number of unbranched alkanes of at least 4 members (excludes halogenated alkanes) is 41. The van der Waals surface area contributed by atoms with E-state index in [2.05, 4.69) is 48.5 Å². The molecule has 0 saturated heterocycles. The average Bonchev–Trinajstić information content (AvgIpc) is 1.76. The molecule has 558 valence electrons. The molecule has 0 radical (unpaired) electrons. The zero-order valence-corrected chi connectivity index (χ0v) is 63.2. The van der Waals surface area contributed by atoms with Gasteiger partial charge in [-0.2, -0.15) is 0 Å². The summed E-state index contributed by atoms with van der Waals surface area (Å²) in [4.78, 5) is 72.8. The Morgan fingerprint density at radius 1 is 0.287 bits per heavy atom. The number of carbonyl (C=O) groups is 4. The second-order valence-electron chi connectivity index (χ2n) is 28.5. The van der Waals surface area contributed by atoms with E-state index >= 15 is 0 Å². The third kappa shape index (κ3) is 68.6. The van der Waals surface area contributed by atoms with Crippen LogP contribution in [-0.2, 0) is 65.4 Å². The minimum Gasteiger partial charge on any atom is -0.462 e. The number of carbonyl (C=O) groups excluding carboxylic acids is 4. The van der Waals surface area contributed by atoms with Crippen molar-refractivity contribution in [2.45, 2.75) is 401 Å². The Labute approximate surface area is 575 Å². The molecule has 3 N–H and O–H groups in total. The average molecular weight is 1380 g/mol. The Balaban J connectivity index is 5.25. The van der Waals surface area contributed by atoms with E-state index in [4.69, 9.17) is 37.0 Å². The molecule has 2 unspecified atom stereocenters. The molecule has 0 heterocycles. The summed E-state index contributed by atoms with van der Waals surface area (Å²) in [6, 6.07) is 0. The maximum absolute atomic E-state index is 13.1. The zero-order valence-electron chi connectivity index (χ0n) is 61.4. The number of phosphoric ester groups is 2. The molecule has 0 amide bonds. The van der Waals surface area contributed by atoms with E-state index in [1.165, 1.54) is 186 Å². The lowest BCUT2D eigenvalue weighted by Gasteiger charge is -2.21. The number of rotatable bonds is 73. The van der Waals surface area contributed by atoms with Gasteiger partial charge >= 0.3 is 39.5 Å². The van der Waals surface area contributed by atoms with Gasteiger partial charge in [0.2, 0.25) is 0 Å². The molecule has 94 heavy (non-hydrogen) atoms. The van der Waals surface area contributed by atoms with Crippen molar-refractivity contribution in [1.82, 2.24) is 0 Å². The van der Waals surface area contributed by atoms with Crippen molar-refractivity contribution < 1.29 is 80.2 Å². The normalized spacial score (nSPS) is 14.1. The molecule has 0 aromatic carbocycles. The van der Waals surface area contributed by atoms with Crippen LogP contribution in [0.3, 0.4) is 0 Å². The fourth-order valence-electron chi connectivity index (χ4n) is 11.4. The summed E-state index contributed by atoms with van der Waals surface area (Å²) < 4.78 is 68.5. The molecule has 0 aliphatic rings. The van der Waals surface area contributed by atoms with Crippen molar-refractivity contribution in [2.75, 3.05) is 39.6 Å². The topological polar surface area (TPSA) is 237 Å². The Morgan fingerprint density at radius 2 is 0.489 bits per heavy atom. The van der Waals surface area contributed by atoms with Gasteiger partial charge in [-0.25, -0.2) is 9.13 Å². The van der Waals surface area contributed by atoms with Gasteiger partial charge in [0.1, 0.15) is 19.3 Å². The predicted molar refractivity (Wildman–Crippen MR) is 381 cm³/mol. The van der Waals surface area contributed by atoms with Crippen molar-refractivity contribution >= 4 is 39.5 Å². The van der Waals surface area contributed by atoms with E-state index in [0.717, 1.165) is 108 Å². The molecule has 0 aromatic heterocycles. The molecule has 0 aliphatic heterocycles. The molecular weight excluding hydrogens is 1230 g/mol. The fraction of sp³-hybridized carbons (Fsp3) is 0.947. The van der Waals surface area contributed by atoms with Crippen LogP contribution in [0.4, 0.5) is 0 Å². The second kappa shape index (κ2) is 65.7. The summed E-state index contributed by atoms with van der Waals surface area (Å²) in [5.41, 5.74) is 0. The van der Waals surface area contributed by atoms with Crippen LogP contribution in [0.15, 0.2) is 0 Å². The zero-order chi connectivity index (χ0) is 69.4. The summed E-state index contributed by atoms with van der Waals surface area (Å²) in [6.45, 7) is 11.9. The maximum atomic E-state index is 13.1. The quantitative estimate of drug-likeness (QED) is 0.0222. The molecule has 17 nitrogen and oxygen atoms in total. The molecule has 0 fully saturated rings. The Kier molecular flexibility index (Phi) is 64.3. The SMILES string of the molecule is CCCCCCCCCCCCCCCC(=O)O[C@H](COC(=O)CCCCCCCCCC(C)C)COP(=O)(O)OC[C@H](O)COP(=O)(O)OC[C@@H](COC(=O)CCCCCCCCCCCCCC(C)C)OC(=O)CCCCCCCCCCCCCCCCC(C)C. The lowest BCUT2D eigenvalue weighted by molar-refractivity contribution is -0.161. The van der Waals surface area contributed by atoms with Gasteiger partial charge in [0, 0.05) is 25.7 Å². The Hall–Kier alpha value is -1.94. The monoisotopic (exact) mass is 1380 g/mol. The molecular formula is C75H146O17P2. The van der Waals surface area contributed by atoms with E-state index in [9.17, 15) is 43.2 Å². The first-order valence-electron chi connectivity index (χ1n) is 38.8. The summed E-state index contributed by atoms with van der Waals surface area (Å²) in [7, 11) is -9.91. The van der Waals surface area contributed by atoms with Gasteiger partial charge in [-0.15, -0.1) is 0 Å². The van der Waals surface area contributed by atoms with Crippen molar-refractivity contribution in [2.24, 2.45) is 17.8 Å². The Morgan fingerprint density at radius 3 is 0.723 bits per heavy atom. The van der Waals surface area contributed by atoms with Gasteiger partial charge in [0.05, 0.1) is 26.4 Å². The van der Waals surface area contributed by atoms with Crippen LogP contribution in [0.2, 0.25) is 0 Å². The first-order chi connectivity index (χ1) is 45.2. The van der Waals surface area contributed by atoms with Crippen LogP contribution in [0, 0.1) is 17.8 Å². The third-order valence-corrected chi connectivity index (χ3v) is 19.3. The number of hydrogen-bond donors (Lipinski definition) is 3. The van der Waals surface area contributed by atoms with E-state index in [1.807, 2.05) is 0 Å². The van der Waals surface area contributed by atoms with E-state index in [-0.39, 0.29) is 25.7 Å². The number of aliphatic hydroxyl groups is 1. The number of phosphoric acid groups is 2. The van der Waals surface area contributed by atoms with Crippen LogP contribution >= 0.6 is 15.6 Å². The van der Waals surface area contributed by atoms with E-state index in [0.29, 0.717) is 31.6 Å². The summed E-state index contributed by atoms with van der Waals surface area (Å²) >= 11 is 0. The molecule has 0 bridgehead atoms. The minimum absolute atomic E-state index is 0.107. The molecule has 0 spiro atoms. The predicted octanol–water partition coefficient (Wildman–Crippen LogP) is 21.8. The van der Waals surface area contributed by atoms with Crippen LogP contribution in [-0.4, -0.2) is 96.7 Å². The fourth-order valence-corrected chi connectivity index (χ4v) is 13.0.